The summed E-state index contributed by atoms with van der Waals surface area (Å²) < 4.78 is 30.2. The van der Waals surface area contributed by atoms with E-state index in [2.05, 4.69) is 0 Å². The van der Waals surface area contributed by atoms with Gasteiger partial charge >= 0.3 is 5.97 Å². The molecule has 0 N–H and O–H groups in total. The molecule has 0 radical (unpaired) electrons. The van der Waals surface area contributed by atoms with Crippen LogP contribution in [0, 0.1) is 16.0 Å². The molecule has 0 amide bonds. The summed E-state index contributed by atoms with van der Waals surface area (Å²) in [6.07, 6.45) is 2.37. The Morgan fingerprint density at radius 1 is 1.23 bits per heavy atom. The minimum atomic E-state index is -3.73. The molecule has 1 aromatic carbocycles. The normalized spacial score (nSPS) is 22.0. The van der Waals surface area contributed by atoms with E-state index in [0.717, 1.165) is 25.0 Å². The molecule has 1 aromatic rings. The van der Waals surface area contributed by atoms with Crippen LogP contribution in [0.3, 0.4) is 0 Å². The first-order chi connectivity index (χ1) is 10.4. The van der Waals surface area contributed by atoms with Crippen molar-refractivity contribution in [3.63, 3.8) is 0 Å². The van der Waals surface area contributed by atoms with E-state index < -0.39 is 31.9 Å². The van der Waals surface area contributed by atoms with E-state index in [0.29, 0.717) is 12.8 Å². The van der Waals surface area contributed by atoms with Gasteiger partial charge < -0.3 is 4.74 Å². The smallest absolute Gasteiger partial charge is 0.309 e. The number of sulfone groups is 1. The van der Waals surface area contributed by atoms with E-state index in [9.17, 15) is 23.3 Å². The van der Waals surface area contributed by atoms with Crippen LogP contribution in [-0.2, 0) is 19.4 Å². The Kier molecular flexibility index (Phi) is 4.80. The number of methoxy groups -OCH3 is 1. The molecule has 7 nitrogen and oxygen atoms in total. The van der Waals surface area contributed by atoms with Crippen molar-refractivity contribution in [3.05, 3.63) is 34.4 Å². The van der Waals surface area contributed by atoms with Gasteiger partial charge in [0.1, 0.15) is 0 Å². The van der Waals surface area contributed by atoms with Gasteiger partial charge in [-0.25, -0.2) is 8.42 Å². The first-order valence-corrected chi connectivity index (χ1v) is 8.48. The molecular formula is C14H17NO6S. The van der Waals surface area contributed by atoms with E-state index in [1.807, 2.05) is 0 Å². The first-order valence-electron chi connectivity index (χ1n) is 6.94. The molecule has 0 aromatic heterocycles. The van der Waals surface area contributed by atoms with Gasteiger partial charge in [0.15, 0.2) is 9.84 Å². The lowest BCUT2D eigenvalue weighted by Gasteiger charge is -2.29. The fourth-order valence-electron chi connectivity index (χ4n) is 2.82. The van der Waals surface area contributed by atoms with Gasteiger partial charge in [-0.1, -0.05) is 12.8 Å². The molecule has 0 spiro atoms. The van der Waals surface area contributed by atoms with Crippen molar-refractivity contribution in [2.24, 2.45) is 5.92 Å². The fraction of sp³-hybridized carbons (Fsp3) is 0.500. The number of ether oxygens (including phenoxy) is 1. The summed E-state index contributed by atoms with van der Waals surface area (Å²) in [6.45, 7) is 0. The predicted octanol–water partition coefficient (Wildman–Crippen LogP) is 2.10. The van der Waals surface area contributed by atoms with Crippen LogP contribution in [0.25, 0.3) is 0 Å². The van der Waals surface area contributed by atoms with Gasteiger partial charge in [-0.05, 0) is 25.0 Å². The van der Waals surface area contributed by atoms with E-state index in [-0.39, 0.29) is 10.6 Å². The number of non-ortho nitro benzene ring substituents is 1. The third-order valence-electron chi connectivity index (χ3n) is 3.98. The van der Waals surface area contributed by atoms with Gasteiger partial charge in [0.2, 0.25) is 0 Å². The minimum Gasteiger partial charge on any atom is -0.469 e. The van der Waals surface area contributed by atoms with Crippen LogP contribution in [0.1, 0.15) is 25.7 Å². The summed E-state index contributed by atoms with van der Waals surface area (Å²) in [5, 5.41) is 9.80. The van der Waals surface area contributed by atoms with E-state index >= 15 is 0 Å². The molecule has 2 atom stereocenters. The molecule has 0 heterocycles. The van der Waals surface area contributed by atoms with Gasteiger partial charge in [0.25, 0.3) is 5.69 Å². The molecule has 22 heavy (non-hydrogen) atoms. The Morgan fingerprint density at radius 3 is 2.36 bits per heavy atom. The summed E-state index contributed by atoms with van der Waals surface area (Å²) in [5.74, 6) is -1.20. The standard InChI is InChI=1S/C14H17NO6S/c1-21-14(16)12-4-2-3-5-13(12)22(19,20)11-8-6-10(7-9-11)15(17)18/h6-9,12-13H,2-5H2,1H3. The van der Waals surface area contributed by atoms with Crippen LogP contribution in [0.2, 0.25) is 0 Å². The molecule has 0 saturated heterocycles. The number of rotatable bonds is 4. The fourth-order valence-corrected chi connectivity index (χ4v) is 4.84. The highest BCUT2D eigenvalue weighted by atomic mass is 32.2. The zero-order valence-corrected chi connectivity index (χ0v) is 12.9. The lowest BCUT2D eigenvalue weighted by atomic mass is 9.89. The third kappa shape index (κ3) is 3.11. The number of carbonyl (C=O) groups is 1. The Morgan fingerprint density at radius 2 is 1.82 bits per heavy atom. The molecular weight excluding hydrogens is 310 g/mol. The predicted molar refractivity (Wildman–Crippen MR) is 78.0 cm³/mol. The zero-order valence-electron chi connectivity index (χ0n) is 12.1. The molecule has 1 saturated carbocycles. The van der Waals surface area contributed by atoms with E-state index in [1.54, 1.807) is 0 Å². The number of hydrogen-bond acceptors (Lipinski definition) is 6. The molecule has 1 aliphatic carbocycles. The van der Waals surface area contributed by atoms with Gasteiger partial charge in [0, 0.05) is 12.1 Å². The highest BCUT2D eigenvalue weighted by Crippen LogP contribution is 2.34. The maximum atomic E-state index is 12.7. The maximum Gasteiger partial charge on any atom is 0.309 e. The second kappa shape index (κ2) is 6.43. The average Bonchev–Trinajstić information content (AvgIpc) is 2.54. The lowest BCUT2D eigenvalue weighted by molar-refractivity contribution is -0.384. The summed E-state index contributed by atoms with van der Waals surface area (Å²) in [6, 6.07) is 4.75. The Bertz CT molecular complexity index is 667. The number of hydrogen-bond donors (Lipinski definition) is 0. The Hall–Kier alpha value is -1.96. The molecule has 2 rings (SSSR count). The van der Waals surface area contributed by atoms with Crippen molar-refractivity contribution in [1.29, 1.82) is 0 Å². The summed E-state index contributed by atoms with van der Waals surface area (Å²) in [7, 11) is -2.49. The molecule has 0 aliphatic heterocycles. The monoisotopic (exact) mass is 327 g/mol. The zero-order chi connectivity index (χ0) is 16.3. The van der Waals surface area contributed by atoms with Gasteiger partial charge in [-0.15, -0.1) is 0 Å². The third-order valence-corrected chi connectivity index (χ3v) is 6.27. The average molecular weight is 327 g/mol. The van der Waals surface area contributed by atoms with Crippen LogP contribution in [0.15, 0.2) is 29.2 Å². The molecule has 120 valence electrons. The van der Waals surface area contributed by atoms with Crippen molar-refractivity contribution >= 4 is 21.5 Å². The molecule has 1 aliphatic rings. The first kappa shape index (κ1) is 16.4. The van der Waals surface area contributed by atoms with Crippen molar-refractivity contribution in [2.45, 2.75) is 35.8 Å². The van der Waals surface area contributed by atoms with E-state index in [4.69, 9.17) is 4.74 Å². The highest BCUT2D eigenvalue weighted by molar-refractivity contribution is 7.92. The van der Waals surface area contributed by atoms with Gasteiger partial charge in [-0.2, -0.15) is 0 Å². The summed E-state index contributed by atoms with van der Waals surface area (Å²) >= 11 is 0. The van der Waals surface area contributed by atoms with Crippen molar-refractivity contribution in [2.75, 3.05) is 7.11 Å². The maximum absolute atomic E-state index is 12.7. The Balaban J connectivity index is 2.34. The van der Waals surface area contributed by atoms with Gasteiger partial charge in [0.05, 0.1) is 28.1 Å². The van der Waals surface area contributed by atoms with Crippen LogP contribution < -0.4 is 0 Å². The molecule has 0 bridgehead atoms. The van der Waals surface area contributed by atoms with Crippen molar-refractivity contribution in [3.8, 4) is 0 Å². The lowest BCUT2D eigenvalue weighted by Crippen LogP contribution is -2.38. The minimum absolute atomic E-state index is 0.00102. The molecule has 2 unspecified atom stereocenters. The van der Waals surface area contributed by atoms with E-state index in [1.165, 1.54) is 19.2 Å². The number of benzene rings is 1. The van der Waals surface area contributed by atoms with Crippen LogP contribution in [0.4, 0.5) is 5.69 Å². The van der Waals surface area contributed by atoms with Crippen molar-refractivity contribution < 1.29 is 22.9 Å². The number of nitro benzene ring substituents is 1. The number of nitro groups is 1. The molecule has 8 heteroatoms. The second-order valence-corrected chi connectivity index (χ2v) is 7.42. The van der Waals surface area contributed by atoms with Crippen molar-refractivity contribution in [1.82, 2.24) is 0 Å². The summed E-state index contributed by atoms with van der Waals surface area (Å²) in [5.41, 5.74) is -0.174. The topological polar surface area (TPSA) is 104 Å². The molecule has 1 fully saturated rings. The highest BCUT2D eigenvalue weighted by Gasteiger charge is 2.41. The second-order valence-electron chi connectivity index (χ2n) is 5.25. The largest absolute Gasteiger partial charge is 0.469 e. The van der Waals surface area contributed by atoms with Crippen LogP contribution in [-0.4, -0.2) is 31.7 Å². The SMILES string of the molecule is COC(=O)C1CCCCC1S(=O)(=O)c1ccc([N+](=O)[O-])cc1. The van der Waals surface area contributed by atoms with Gasteiger partial charge in [-0.3, -0.25) is 14.9 Å². The summed E-state index contributed by atoms with van der Waals surface area (Å²) in [4.78, 5) is 21.9. The number of esters is 1. The quantitative estimate of drug-likeness (QED) is 0.476. The van der Waals surface area contributed by atoms with Crippen LogP contribution >= 0.6 is 0 Å². The Labute approximate surface area is 128 Å². The number of carbonyl (C=O) groups excluding carboxylic acids is 1. The number of nitrogens with zero attached hydrogens (tertiary/aromatic N) is 1. The van der Waals surface area contributed by atoms with Crippen LogP contribution in [0.5, 0.6) is 0 Å².